The van der Waals surface area contributed by atoms with Crippen molar-refractivity contribution in [3.05, 3.63) is 123 Å². The van der Waals surface area contributed by atoms with Crippen LogP contribution in [0.5, 0.6) is 5.75 Å². The van der Waals surface area contributed by atoms with Crippen LogP contribution < -0.4 is 16.0 Å². The number of halogens is 3. The summed E-state index contributed by atoms with van der Waals surface area (Å²) in [5.74, 6) is -1.58. The molecular formula is C41H43F3N8O4. The lowest BCUT2D eigenvalue weighted by atomic mass is 9.89. The molecule has 4 heterocycles. The Kier molecular flexibility index (Phi) is 11.1. The zero-order chi connectivity index (χ0) is 39.7. The average Bonchev–Trinajstić information content (AvgIpc) is 3.60. The Bertz CT molecular complexity index is 2510. The first-order chi connectivity index (χ1) is 26.9. The Balaban J connectivity index is 1.27. The molecule has 56 heavy (non-hydrogen) atoms. The number of carbonyl (C=O) groups is 1. The van der Waals surface area contributed by atoms with Gasteiger partial charge in [-0.2, -0.15) is 0 Å². The molecule has 6 aromatic rings. The van der Waals surface area contributed by atoms with Crippen LogP contribution in [-0.4, -0.2) is 105 Å². The number of imidazole rings is 1. The maximum absolute atomic E-state index is 14.8. The fourth-order valence-electron chi connectivity index (χ4n) is 7.36. The van der Waals surface area contributed by atoms with Crippen LogP contribution in [0.25, 0.3) is 33.5 Å². The second-order valence-electron chi connectivity index (χ2n) is 14.6. The number of nitrogens with zero attached hydrogens (tertiary/aromatic N) is 8. The molecule has 1 aliphatic carbocycles. The molecule has 0 unspecified atom stereocenters. The van der Waals surface area contributed by atoms with Crippen LogP contribution in [-0.2, 0) is 0 Å². The van der Waals surface area contributed by atoms with Crippen molar-refractivity contribution in [1.82, 2.24) is 38.2 Å². The van der Waals surface area contributed by atoms with E-state index in [2.05, 4.69) is 9.97 Å². The van der Waals surface area contributed by atoms with Crippen molar-refractivity contribution in [3.63, 3.8) is 0 Å². The van der Waals surface area contributed by atoms with Gasteiger partial charge in [0.05, 0.1) is 17.3 Å². The molecule has 1 saturated carbocycles. The van der Waals surface area contributed by atoms with Gasteiger partial charge in [0.15, 0.2) is 11.4 Å². The van der Waals surface area contributed by atoms with E-state index >= 15 is 0 Å². The third-order valence-electron chi connectivity index (χ3n) is 10.2. The molecule has 0 saturated heterocycles. The number of para-hydroxylation sites is 1. The lowest BCUT2D eigenvalue weighted by Gasteiger charge is -2.37. The fraction of sp³-hybridized carbons (Fsp3) is 0.341. The normalized spacial score (nSPS) is 15.9. The molecule has 1 aliphatic rings. The number of rotatable bonds is 12. The number of carbonyl (C=O) groups excluding carboxylic acids is 1. The third-order valence-corrected chi connectivity index (χ3v) is 10.2. The molecule has 0 aliphatic heterocycles. The van der Waals surface area contributed by atoms with Gasteiger partial charge in [0.1, 0.15) is 35.4 Å². The van der Waals surface area contributed by atoms with Gasteiger partial charge in [0.2, 0.25) is 0 Å². The van der Waals surface area contributed by atoms with Crippen molar-refractivity contribution in [1.29, 1.82) is 0 Å². The largest absolute Gasteiger partial charge is 0.489 e. The lowest BCUT2D eigenvalue weighted by Crippen LogP contribution is -2.48. The summed E-state index contributed by atoms with van der Waals surface area (Å²) in [4.78, 5) is 57.4. The first kappa shape index (κ1) is 38.5. The van der Waals surface area contributed by atoms with E-state index in [9.17, 15) is 27.6 Å². The van der Waals surface area contributed by atoms with E-state index in [0.29, 0.717) is 67.8 Å². The molecule has 0 N–H and O–H groups in total. The molecule has 0 spiro atoms. The van der Waals surface area contributed by atoms with Crippen LogP contribution in [0.2, 0.25) is 0 Å². The van der Waals surface area contributed by atoms with Gasteiger partial charge >= 0.3 is 5.69 Å². The molecule has 15 heteroatoms. The highest BCUT2D eigenvalue weighted by Crippen LogP contribution is 2.37. The first-order valence-corrected chi connectivity index (χ1v) is 18.5. The number of hydrogen-bond donors (Lipinski definition) is 0. The quantitative estimate of drug-likeness (QED) is 0.163. The van der Waals surface area contributed by atoms with Crippen molar-refractivity contribution in [2.75, 3.05) is 54.4 Å². The minimum Gasteiger partial charge on any atom is -0.489 e. The number of benzene rings is 2. The summed E-state index contributed by atoms with van der Waals surface area (Å²) in [6.07, 6.45) is 5.43. The van der Waals surface area contributed by atoms with Gasteiger partial charge in [-0.1, -0.05) is 24.3 Å². The molecule has 12 nitrogen and oxygen atoms in total. The number of amides is 1. The van der Waals surface area contributed by atoms with E-state index in [4.69, 9.17) is 4.74 Å². The van der Waals surface area contributed by atoms with Gasteiger partial charge in [0, 0.05) is 49.7 Å². The van der Waals surface area contributed by atoms with Gasteiger partial charge in [-0.05, 0) is 95.8 Å². The van der Waals surface area contributed by atoms with Gasteiger partial charge in [-0.25, -0.2) is 32.5 Å². The number of likely N-dealkylation sites (N-methyl/N-ethyl adjacent to an activating group) is 2. The summed E-state index contributed by atoms with van der Waals surface area (Å²) in [7, 11) is 7.62. The predicted molar refractivity (Wildman–Crippen MR) is 207 cm³/mol. The Morgan fingerprint density at radius 1 is 0.839 bits per heavy atom. The molecule has 1 fully saturated rings. The Morgan fingerprint density at radius 3 is 2.27 bits per heavy atom. The number of fused-ring (bicyclic) bond motifs is 2. The number of aromatic nitrogens is 5. The van der Waals surface area contributed by atoms with E-state index in [1.165, 1.54) is 50.2 Å². The van der Waals surface area contributed by atoms with Crippen LogP contribution in [0.15, 0.2) is 88.8 Å². The maximum Gasteiger partial charge on any atom is 0.337 e. The van der Waals surface area contributed by atoms with Crippen LogP contribution >= 0.6 is 0 Å². The van der Waals surface area contributed by atoms with Crippen molar-refractivity contribution < 1.29 is 22.7 Å². The van der Waals surface area contributed by atoms with Gasteiger partial charge in [0.25, 0.3) is 11.5 Å². The molecule has 292 valence electrons. The summed E-state index contributed by atoms with van der Waals surface area (Å²) < 4.78 is 53.0. The van der Waals surface area contributed by atoms with Crippen LogP contribution in [0.1, 0.15) is 42.2 Å². The highest BCUT2D eigenvalue weighted by Gasteiger charge is 2.33. The van der Waals surface area contributed by atoms with Crippen molar-refractivity contribution >= 4 is 22.6 Å². The second-order valence-corrected chi connectivity index (χ2v) is 14.6. The molecule has 0 bridgehead atoms. The maximum atomic E-state index is 14.8. The SMILES string of the molecule is CN(C)CCOc1c(-c2ccc(F)cc2)cccc1-n1c(=O)n([C@H]2CC[C@@H](N(CCN(C)C)C(=O)c3cn4cc(F)ccc4n3)CC2)c(=O)c2cc(F)cnc21. The van der Waals surface area contributed by atoms with Crippen molar-refractivity contribution in [3.8, 4) is 22.6 Å². The number of pyridine rings is 2. The van der Waals surface area contributed by atoms with Gasteiger partial charge < -0.3 is 23.8 Å². The first-order valence-electron chi connectivity index (χ1n) is 18.5. The van der Waals surface area contributed by atoms with Crippen LogP contribution in [0, 0.1) is 17.5 Å². The minimum absolute atomic E-state index is 0.0344. The molecule has 2 aromatic carbocycles. The van der Waals surface area contributed by atoms with E-state index in [-0.39, 0.29) is 41.0 Å². The van der Waals surface area contributed by atoms with Crippen molar-refractivity contribution in [2.45, 2.75) is 37.8 Å². The Hall–Kier alpha value is -5.80. The molecular weight excluding hydrogens is 725 g/mol. The third kappa shape index (κ3) is 7.82. The van der Waals surface area contributed by atoms with Crippen LogP contribution in [0.4, 0.5) is 13.2 Å². The van der Waals surface area contributed by atoms with E-state index in [0.717, 1.165) is 12.3 Å². The van der Waals surface area contributed by atoms with Gasteiger partial charge in [-0.15, -0.1) is 0 Å². The zero-order valence-corrected chi connectivity index (χ0v) is 31.7. The minimum atomic E-state index is -0.734. The monoisotopic (exact) mass is 768 g/mol. The average molecular weight is 769 g/mol. The lowest BCUT2D eigenvalue weighted by molar-refractivity contribution is 0.0589. The number of ether oxygens (including phenoxy) is 1. The summed E-state index contributed by atoms with van der Waals surface area (Å²) >= 11 is 0. The summed E-state index contributed by atoms with van der Waals surface area (Å²) in [5.41, 5.74) is 0.766. The molecule has 4 aromatic heterocycles. The Labute approximate surface area is 321 Å². The standard InChI is InChI=1S/C41H43F3N8O4/c1-47(2)18-19-50(40(54)34-25-49-24-28(43)12-17-36(49)46-34)30-13-15-31(16-14-30)51-39(53)33-22-29(44)23-45-38(33)52(41(51)55)35-7-5-6-32(26-8-10-27(42)11-9-26)37(35)56-21-20-48(3)4/h5-12,17,22-25,30-31H,13-16,18-21H2,1-4H3/t30-,31+. The molecule has 1 amide bonds. The van der Waals surface area contributed by atoms with E-state index in [1.54, 1.807) is 35.2 Å². The van der Waals surface area contributed by atoms with E-state index in [1.807, 2.05) is 38.0 Å². The Morgan fingerprint density at radius 2 is 1.55 bits per heavy atom. The fourth-order valence-corrected chi connectivity index (χ4v) is 7.36. The van der Waals surface area contributed by atoms with Gasteiger partial charge in [-0.3, -0.25) is 14.2 Å². The predicted octanol–water partition coefficient (Wildman–Crippen LogP) is 5.41. The molecule has 7 rings (SSSR count). The van der Waals surface area contributed by atoms with Crippen molar-refractivity contribution in [2.24, 2.45) is 0 Å². The highest BCUT2D eigenvalue weighted by molar-refractivity contribution is 5.93. The molecule has 0 atom stereocenters. The summed E-state index contributed by atoms with van der Waals surface area (Å²) in [6, 6.07) is 14.2. The zero-order valence-electron chi connectivity index (χ0n) is 31.7. The topological polar surface area (TPSA) is 110 Å². The van der Waals surface area contributed by atoms with E-state index < -0.39 is 34.7 Å². The number of hydrogen-bond acceptors (Lipinski definition) is 8. The smallest absolute Gasteiger partial charge is 0.337 e. The summed E-state index contributed by atoms with van der Waals surface area (Å²) in [6.45, 7) is 1.77. The second kappa shape index (κ2) is 16.1. The molecule has 0 radical (unpaired) electrons. The van der Waals surface area contributed by atoms with Crippen LogP contribution in [0.3, 0.4) is 0 Å². The summed E-state index contributed by atoms with van der Waals surface area (Å²) in [5, 5.41) is -0.0794. The highest BCUT2D eigenvalue weighted by atomic mass is 19.1.